The summed E-state index contributed by atoms with van der Waals surface area (Å²) in [6, 6.07) is 22.9. The Kier molecular flexibility index (Phi) is 4.06. The second kappa shape index (κ2) is 6.92. The van der Waals surface area contributed by atoms with E-state index < -0.39 is 0 Å². The molecule has 150 valence electrons. The van der Waals surface area contributed by atoms with Crippen molar-refractivity contribution < 1.29 is 9.84 Å². The van der Waals surface area contributed by atoms with Crippen molar-refractivity contribution in [2.75, 3.05) is 13.2 Å². The Morgan fingerprint density at radius 2 is 1.93 bits per heavy atom. The monoisotopic (exact) mass is 396 g/mol. The van der Waals surface area contributed by atoms with Crippen molar-refractivity contribution in [3.63, 3.8) is 0 Å². The summed E-state index contributed by atoms with van der Waals surface area (Å²) in [5, 5.41) is 11.5. The molecule has 0 bridgehead atoms. The predicted molar refractivity (Wildman–Crippen MR) is 118 cm³/mol. The summed E-state index contributed by atoms with van der Waals surface area (Å²) in [4.78, 5) is 6.22. The summed E-state index contributed by atoms with van der Waals surface area (Å²) in [7, 11) is 0. The van der Waals surface area contributed by atoms with Crippen molar-refractivity contribution in [3.05, 3.63) is 94.7 Å². The Morgan fingerprint density at radius 1 is 1.00 bits per heavy atom. The van der Waals surface area contributed by atoms with Crippen LogP contribution in [0.25, 0.3) is 10.9 Å². The van der Waals surface area contributed by atoms with Gasteiger partial charge in [-0.25, -0.2) is 0 Å². The number of fused-ring (bicyclic) bond motifs is 4. The van der Waals surface area contributed by atoms with Gasteiger partial charge in [0.25, 0.3) is 0 Å². The van der Waals surface area contributed by atoms with E-state index in [9.17, 15) is 5.11 Å². The van der Waals surface area contributed by atoms with Gasteiger partial charge in [0, 0.05) is 36.1 Å². The maximum atomic E-state index is 10.2. The normalized spacial score (nSPS) is 18.2. The SMILES string of the molecule is Oc1cccc(C2c3[nH]c4ccccc4c3CCN2Cc2ccc3c(c2)CCO3)c1. The van der Waals surface area contributed by atoms with Crippen LogP contribution in [0.3, 0.4) is 0 Å². The molecule has 0 radical (unpaired) electrons. The van der Waals surface area contributed by atoms with Crippen LogP contribution < -0.4 is 4.74 Å². The van der Waals surface area contributed by atoms with E-state index in [-0.39, 0.29) is 6.04 Å². The van der Waals surface area contributed by atoms with Gasteiger partial charge < -0.3 is 14.8 Å². The standard InChI is InChI=1S/C26H24N2O2/c29-20-5-3-4-19(15-20)26-25-22(21-6-1-2-7-23(21)27-25)10-12-28(26)16-17-8-9-24-18(14-17)11-13-30-24/h1-9,14-15,26-27,29H,10-13,16H2. The van der Waals surface area contributed by atoms with E-state index >= 15 is 0 Å². The van der Waals surface area contributed by atoms with Crippen LogP contribution >= 0.6 is 0 Å². The minimum absolute atomic E-state index is 0.0813. The molecule has 4 aromatic rings. The topological polar surface area (TPSA) is 48.5 Å². The molecule has 3 heterocycles. The van der Waals surface area contributed by atoms with Crippen LogP contribution in [0.2, 0.25) is 0 Å². The highest BCUT2D eigenvalue weighted by Crippen LogP contribution is 2.40. The summed E-state index contributed by atoms with van der Waals surface area (Å²) in [6.07, 6.45) is 2.01. The third-order valence-electron chi connectivity index (χ3n) is 6.46. The number of aromatic hydroxyl groups is 1. The van der Waals surface area contributed by atoms with Crippen LogP contribution in [-0.2, 0) is 19.4 Å². The average molecular weight is 396 g/mol. The molecule has 2 aliphatic rings. The maximum absolute atomic E-state index is 10.2. The van der Waals surface area contributed by atoms with Gasteiger partial charge in [-0.15, -0.1) is 0 Å². The van der Waals surface area contributed by atoms with E-state index in [2.05, 4.69) is 58.4 Å². The fourth-order valence-corrected chi connectivity index (χ4v) is 5.11. The van der Waals surface area contributed by atoms with Gasteiger partial charge in [0.05, 0.1) is 12.6 Å². The second-order valence-electron chi connectivity index (χ2n) is 8.32. The predicted octanol–water partition coefficient (Wildman–Crippen LogP) is 4.96. The van der Waals surface area contributed by atoms with Crippen LogP contribution in [0.4, 0.5) is 0 Å². The summed E-state index contributed by atoms with van der Waals surface area (Å²) in [6.45, 7) is 2.62. The third kappa shape index (κ3) is 2.87. The molecule has 1 aromatic heterocycles. The number of hydrogen-bond donors (Lipinski definition) is 2. The zero-order valence-electron chi connectivity index (χ0n) is 16.8. The van der Waals surface area contributed by atoms with Crippen LogP contribution in [0.15, 0.2) is 66.7 Å². The summed E-state index contributed by atoms with van der Waals surface area (Å²) in [5.74, 6) is 1.34. The first kappa shape index (κ1) is 17.6. The van der Waals surface area contributed by atoms with Gasteiger partial charge in [0.15, 0.2) is 0 Å². The quantitative estimate of drug-likeness (QED) is 0.515. The number of ether oxygens (including phenoxy) is 1. The molecule has 1 atom stereocenters. The molecule has 30 heavy (non-hydrogen) atoms. The van der Waals surface area contributed by atoms with Gasteiger partial charge in [0.2, 0.25) is 0 Å². The number of phenols is 1. The van der Waals surface area contributed by atoms with E-state index in [0.717, 1.165) is 43.9 Å². The summed E-state index contributed by atoms with van der Waals surface area (Å²) in [5.41, 5.74) is 7.57. The molecule has 4 nitrogen and oxygen atoms in total. The largest absolute Gasteiger partial charge is 0.508 e. The lowest BCUT2D eigenvalue weighted by Gasteiger charge is -2.36. The molecule has 0 saturated carbocycles. The number of aromatic nitrogens is 1. The fourth-order valence-electron chi connectivity index (χ4n) is 5.11. The van der Waals surface area contributed by atoms with E-state index in [1.54, 1.807) is 6.07 Å². The number of phenolic OH excluding ortho intramolecular Hbond substituents is 1. The van der Waals surface area contributed by atoms with Gasteiger partial charge in [-0.05, 0) is 52.9 Å². The molecule has 6 rings (SSSR count). The molecule has 0 saturated heterocycles. The Hall–Kier alpha value is -3.24. The van der Waals surface area contributed by atoms with Crippen LogP contribution in [0.5, 0.6) is 11.5 Å². The molecule has 0 aliphatic carbocycles. The second-order valence-corrected chi connectivity index (χ2v) is 8.32. The molecule has 1 unspecified atom stereocenters. The number of nitrogens with one attached hydrogen (secondary N) is 1. The lowest BCUT2D eigenvalue weighted by atomic mass is 9.91. The van der Waals surface area contributed by atoms with Crippen LogP contribution in [0.1, 0.15) is 34.0 Å². The van der Waals surface area contributed by atoms with E-state index in [1.807, 2.05) is 12.1 Å². The van der Waals surface area contributed by atoms with Crippen LogP contribution in [0, 0.1) is 0 Å². The first-order valence-corrected chi connectivity index (χ1v) is 10.6. The zero-order valence-corrected chi connectivity index (χ0v) is 16.8. The van der Waals surface area contributed by atoms with E-state index in [0.29, 0.717) is 5.75 Å². The van der Waals surface area contributed by atoms with Crippen LogP contribution in [-0.4, -0.2) is 28.1 Å². The highest BCUT2D eigenvalue weighted by atomic mass is 16.5. The number of hydrogen-bond acceptors (Lipinski definition) is 3. The number of H-pyrrole nitrogens is 1. The number of nitrogens with zero attached hydrogens (tertiary/aromatic N) is 1. The molecular weight excluding hydrogens is 372 g/mol. The minimum atomic E-state index is 0.0813. The van der Waals surface area contributed by atoms with E-state index in [4.69, 9.17) is 4.74 Å². The van der Waals surface area contributed by atoms with E-state index in [1.165, 1.54) is 33.3 Å². The van der Waals surface area contributed by atoms with Crippen molar-refractivity contribution in [1.82, 2.24) is 9.88 Å². The zero-order chi connectivity index (χ0) is 20.1. The van der Waals surface area contributed by atoms with Crippen molar-refractivity contribution >= 4 is 10.9 Å². The van der Waals surface area contributed by atoms with Gasteiger partial charge in [-0.1, -0.05) is 42.5 Å². The fraction of sp³-hybridized carbons (Fsp3) is 0.231. The first-order chi connectivity index (χ1) is 14.8. The minimum Gasteiger partial charge on any atom is -0.508 e. The number of rotatable bonds is 3. The van der Waals surface area contributed by atoms with Gasteiger partial charge in [-0.2, -0.15) is 0 Å². The average Bonchev–Trinajstić information content (AvgIpc) is 3.37. The molecule has 3 aromatic carbocycles. The smallest absolute Gasteiger partial charge is 0.122 e. The molecule has 4 heteroatoms. The van der Waals surface area contributed by atoms with Gasteiger partial charge in [0.1, 0.15) is 11.5 Å². The number of aromatic amines is 1. The van der Waals surface area contributed by atoms with Crippen molar-refractivity contribution in [1.29, 1.82) is 0 Å². The lowest BCUT2D eigenvalue weighted by molar-refractivity contribution is 0.201. The number of benzene rings is 3. The highest BCUT2D eigenvalue weighted by molar-refractivity contribution is 5.85. The molecule has 0 amide bonds. The molecule has 2 N–H and O–H groups in total. The third-order valence-corrected chi connectivity index (χ3v) is 6.46. The molecular formula is C26H24N2O2. The molecule has 0 fully saturated rings. The summed E-state index contributed by atoms with van der Waals surface area (Å²) >= 11 is 0. The first-order valence-electron chi connectivity index (χ1n) is 10.6. The highest BCUT2D eigenvalue weighted by Gasteiger charge is 2.32. The van der Waals surface area contributed by atoms with Crippen molar-refractivity contribution in [2.45, 2.75) is 25.4 Å². The Bertz CT molecular complexity index is 1240. The maximum Gasteiger partial charge on any atom is 0.122 e. The van der Waals surface area contributed by atoms with Crippen molar-refractivity contribution in [2.24, 2.45) is 0 Å². The molecule has 0 spiro atoms. The lowest BCUT2D eigenvalue weighted by Crippen LogP contribution is -2.35. The van der Waals surface area contributed by atoms with Crippen molar-refractivity contribution in [3.8, 4) is 11.5 Å². The molecule has 2 aliphatic heterocycles. The van der Waals surface area contributed by atoms with Gasteiger partial charge >= 0.3 is 0 Å². The Morgan fingerprint density at radius 3 is 2.87 bits per heavy atom. The van der Waals surface area contributed by atoms with Gasteiger partial charge in [-0.3, -0.25) is 4.90 Å². The summed E-state index contributed by atoms with van der Waals surface area (Å²) < 4.78 is 5.68. The number of para-hydroxylation sites is 1. The Labute approximate surface area is 175 Å². The Balaban J connectivity index is 1.44.